The number of ether oxygens (including phenoxy) is 2. The second kappa shape index (κ2) is 27.7. The summed E-state index contributed by atoms with van der Waals surface area (Å²) < 4.78 is 26.0. The zero-order valence-corrected chi connectivity index (χ0v) is 29.1. The van der Waals surface area contributed by atoms with Crippen LogP contribution in [-0.4, -0.2) is 87.6 Å². The van der Waals surface area contributed by atoms with Crippen molar-refractivity contribution in [3.8, 4) is 0 Å². The van der Waals surface area contributed by atoms with E-state index in [0.717, 1.165) is 11.4 Å². The minimum Gasteiger partial charge on any atom is -0.481 e. The first-order valence-corrected chi connectivity index (χ1v) is 15.8. The number of benzene rings is 1. The van der Waals surface area contributed by atoms with Crippen molar-refractivity contribution in [1.82, 2.24) is 10.2 Å². The Morgan fingerprint density at radius 2 is 1.69 bits per heavy atom. The normalized spacial score (nSPS) is 14.0. The number of carbonyl (C=O) groups excluding carboxylic acids is 3. The summed E-state index contributed by atoms with van der Waals surface area (Å²) in [5, 5.41) is 10.9. The molecule has 1 aromatic carbocycles. The summed E-state index contributed by atoms with van der Waals surface area (Å²) in [4.78, 5) is 43.2. The van der Waals surface area contributed by atoms with E-state index in [9.17, 15) is 19.2 Å². The molecule has 2 amide bonds. The second-order valence-electron chi connectivity index (χ2n) is 10.4. The minimum absolute atomic E-state index is 0.125. The Morgan fingerprint density at radius 3 is 2.07 bits per heavy atom. The highest BCUT2D eigenvalue weighted by Gasteiger charge is 2.28. The number of carbonyl (C=O) groups is 4. The van der Waals surface area contributed by atoms with E-state index < -0.39 is 26.2 Å². The number of rotatable bonds is 14. The van der Waals surface area contributed by atoms with Gasteiger partial charge in [0.05, 0.1) is 26.9 Å². The average molecular weight is 680 g/mol. The molecule has 0 aromatic heterocycles. The Balaban J connectivity index is 0. The van der Waals surface area contributed by atoms with Gasteiger partial charge in [-0.2, -0.15) is 0 Å². The van der Waals surface area contributed by atoms with Crippen LogP contribution in [0.5, 0.6) is 0 Å². The first-order valence-electron chi connectivity index (χ1n) is 14.3. The number of imide groups is 1. The molecular formula is C30H51ClN3O10P. The van der Waals surface area contributed by atoms with Crippen molar-refractivity contribution in [2.75, 3.05) is 47.6 Å². The number of methoxy groups -OCH3 is 2. The second-order valence-corrected chi connectivity index (χ2v) is 12.1. The summed E-state index contributed by atoms with van der Waals surface area (Å²) in [7, 11) is 3.33. The Labute approximate surface area is 273 Å². The fraction of sp³-hybridized carbons (Fsp3) is 0.600. The molecule has 0 spiro atoms. The number of nitrogens with two attached hydrogens (primary N) is 1. The molecule has 0 unspecified atom stereocenters. The van der Waals surface area contributed by atoms with Crippen LogP contribution in [0, 0.1) is 11.8 Å². The highest BCUT2D eigenvalue weighted by Crippen LogP contribution is 2.43. The Morgan fingerprint density at radius 1 is 1.11 bits per heavy atom. The lowest BCUT2D eigenvalue weighted by Gasteiger charge is -2.31. The molecule has 0 aliphatic carbocycles. The zero-order valence-electron chi connectivity index (χ0n) is 27.4. The smallest absolute Gasteiger partial charge is 0.332 e. The third-order valence-corrected chi connectivity index (χ3v) is 6.57. The van der Waals surface area contributed by atoms with Crippen molar-refractivity contribution >= 4 is 44.5 Å². The molecule has 1 aliphatic heterocycles. The molecule has 1 aliphatic rings. The maximum absolute atomic E-state index is 11.1. The third-order valence-electron chi connectivity index (χ3n) is 5.19. The molecule has 13 nitrogen and oxygen atoms in total. The van der Waals surface area contributed by atoms with E-state index in [0.29, 0.717) is 44.9 Å². The monoisotopic (exact) mass is 679 g/mol. The fourth-order valence-electron chi connectivity index (χ4n) is 2.77. The van der Waals surface area contributed by atoms with Crippen molar-refractivity contribution in [3.63, 3.8) is 0 Å². The highest BCUT2D eigenvalue weighted by atomic mass is 35.5. The highest BCUT2D eigenvalue weighted by molar-refractivity contribution is 7.41. The predicted molar refractivity (Wildman–Crippen MR) is 174 cm³/mol. The SMILES string of the molecule is CC(C)CC(=O)O.COC(=O)CC(C)C.CO[C@@](N)(CCN(C)/C=C\C(=O)NC=O)COP1OCCCO1.Clc1ccccc1. The third kappa shape index (κ3) is 29.8. The molecule has 15 heteroatoms. The van der Waals surface area contributed by atoms with Gasteiger partial charge in [-0.15, -0.1) is 0 Å². The number of nitrogens with one attached hydrogen (secondary N) is 1. The van der Waals surface area contributed by atoms with E-state index in [-0.39, 0.29) is 24.9 Å². The molecule has 1 saturated heterocycles. The van der Waals surface area contributed by atoms with Crippen LogP contribution >= 0.6 is 20.2 Å². The Kier molecular flexibility index (Phi) is 27.3. The maximum Gasteiger partial charge on any atom is 0.332 e. The molecule has 2 rings (SSSR count). The van der Waals surface area contributed by atoms with Gasteiger partial charge >= 0.3 is 20.5 Å². The van der Waals surface area contributed by atoms with Crippen molar-refractivity contribution in [3.05, 3.63) is 47.6 Å². The van der Waals surface area contributed by atoms with Crippen LogP contribution in [0.2, 0.25) is 5.02 Å². The number of carboxylic acid groups (broad SMARTS) is 1. The molecule has 1 atom stereocenters. The van der Waals surface area contributed by atoms with Crippen LogP contribution in [0.15, 0.2) is 42.6 Å². The van der Waals surface area contributed by atoms with E-state index >= 15 is 0 Å². The number of amides is 2. The molecule has 0 radical (unpaired) electrons. The van der Waals surface area contributed by atoms with Gasteiger partial charge in [-0.1, -0.05) is 57.5 Å². The van der Waals surface area contributed by atoms with Crippen molar-refractivity contribution in [2.45, 2.75) is 59.1 Å². The number of nitrogens with zero attached hydrogens (tertiary/aromatic N) is 1. The average Bonchev–Trinajstić information content (AvgIpc) is 2.99. The van der Waals surface area contributed by atoms with Crippen molar-refractivity contribution < 1.29 is 47.3 Å². The van der Waals surface area contributed by atoms with E-state index in [1.807, 2.05) is 63.3 Å². The van der Waals surface area contributed by atoms with Gasteiger partial charge in [0.1, 0.15) is 5.72 Å². The lowest BCUT2D eigenvalue weighted by atomic mass is 10.1. The van der Waals surface area contributed by atoms with Crippen LogP contribution in [-0.2, 0) is 42.2 Å². The molecule has 1 fully saturated rings. The molecule has 0 bridgehead atoms. The number of hydrogen-bond acceptors (Lipinski definition) is 11. The van der Waals surface area contributed by atoms with E-state index in [1.54, 1.807) is 18.1 Å². The van der Waals surface area contributed by atoms with Crippen molar-refractivity contribution in [2.24, 2.45) is 17.6 Å². The summed E-state index contributed by atoms with van der Waals surface area (Å²) >= 11 is 5.54. The van der Waals surface area contributed by atoms with Crippen molar-refractivity contribution in [1.29, 1.82) is 0 Å². The van der Waals surface area contributed by atoms with E-state index in [2.05, 4.69) is 4.74 Å². The molecular weight excluding hydrogens is 629 g/mol. The molecule has 45 heavy (non-hydrogen) atoms. The summed E-state index contributed by atoms with van der Waals surface area (Å²) in [6.45, 7) is 9.63. The molecule has 1 heterocycles. The lowest BCUT2D eigenvalue weighted by Crippen LogP contribution is -2.48. The number of aliphatic carboxylic acids is 1. The van der Waals surface area contributed by atoms with Gasteiger partial charge in [-0.05, 0) is 30.4 Å². The predicted octanol–water partition coefficient (Wildman–Crippen LogP) is 4.74. The number of hydrogen-bond donors (Lipinski definition) is 3. The van der Waals surface area contributed by atoms with Crippen LogP contribution in [0.1, 0.15) is 53.4 Å². The van der Waals surface area contributed by atoms with Gasteiger partial charge < -0.3 is 38.8 Å². The van der Waals surface area contributed by atoms with Gasteiger partial charge in [0.2, 0.25) is 6.41 Å². The quantitative estimate of drug-likeness (QED) is 0.0811. The largest absolute Gasteiger partial charge is 0.481 e. The minimum atomic E-state index is -1.36. The topological polar surface area (TPSA) is 176 Å². The summed E-state index contributed by atoms with van der Waals surface area (Å²) in [5.74, 6) is -0.648. The van der Waals surface area contributed by atoms with E-state index in [1.165, 1.54) is 20.3 Å². The lowest BCUT2D eigenvalue weighted by molar-refractivity contribution is -0.141. The summed E-state index contributed by atoms with van der Waals surface area (Å²) in [6, 6.07) is 9.44. The van der Waals surface area contributed by atoms with Gasteiger partial charge in [0.25, 0.3) is 5.91 Å². The Bertz CT molecular complexity index is 967. The standard InChI is InChI=1S/C13H24N3O6P.C6H5Cl.C6H12O2.C5H10O2/c1-16(6-4-12(18)15-11-17)7-5-13(14,19-2)10-22-23-20-8-3-9-21-23;7-6-4-2-1-3-5-6;1-5(2)4-6(7)8-3;1-4(2)3-5(6)7/h4,6,11H,3,5,7-10,14H2,1-2H3,(H,15,17,18);1-5H;5H,4H2,1-3H3;4H,3H2,1-2H3,(H,6,7)/b6-4-;;;/t13-;;;/m0.../s1. The number of carboxylic acids is 1. The first-order chi connectivity index (χ1) is 21.2. The van der Waals surface area contributed by atoms with Crippen LogP contribution in [0.25, 0.3) is 0 Å². The summed E-state index contributed by atoms with van der Waals surface area (Å²) in [5.41, 5.74) is 5.16. The van der Waals surface area contributed by atoms with Gasteiger partial charge in [-0.25, -0.2) is 0 Å². The van der Waals surface area contributed by atoms with Gasteiger partial charge in [0, 0.05) is 57.3 Å². The number of halogens is 1. The van der Waals surface area contributed by atoms with E-state index in [4.69, 9.17) is 40.7 Å². The van der Waals surface area contributed by atoms with Gasteiger partial charge in [0.15, 0.2) is 0 Å². The Hall–Kier alpha value is -2.64. The van der Waals surface area contributed by atoms with Crippen LogP contribution in [0.4, 0.5) is 0 Å². The van der Waals surface area contributed by atoms with Crippen LogP contribution in [0.3, 0.4) is 0 Å². The fourth-order valence-corrected chi connectivity index (χ4v) is 4.02. The van der Waals surface area contributed by atoms with Crippen LogP contribution < -0.4 is 11.1 Å². The first kappa shape index (κ1) is 44.5. The number of esters is 1. The molecule has 0 saturated carbocycles. The maximum atomic E-state index is 11.1. The molecule has 4 N–H and O–H groups in total. The zero-order chi connectivity index (χ0) is 34.7. The van der Waals surface area contributed by atoms with Gasteiger partial charge in [-0.3, -0.25) is 24.5 Å². The molecule has 258 valence electrons. The molecule has 1 aromatic rings. The summed E-state index contributed by atoms with van der Waals surface area (Å²) in [6.07, 6.45) is 5.25.